The number of benzene rings is 1. The number of pyridine rings is 1. The number of carbonyl (C=O) groups excluding carboxylic acids is 2. The second-order valence-electron chi connectivity index (χ2n) is 5.21. The Morgan fingerprint density at radius 2 is 1.87 bits per heavy atom. The van der Waals surface area contributed by atoms with Crippen molar-refractivity contribution >= 4 is 34.6 Å². The summed E-state index contributed by atoms with van der Waals surface area (Å²) in [5.74, 6) is -0.287. The van der Waals surface area contributed by atoms with E-state index in [1.165, 1.54) is 6.92 Å². The SMILES string of the molecule is CC(=O)c1ccc(NC(=O)c2c(C)nc3cc(Cl)ccn23)cc1. The molecule has 0 spiro atoms. The number of hydrogen-bond donors (Lipinski definition) is 1. The van der Waals surface area contributed by atoms with Crippen LogP contribution in [0.3, 0.4) is 0 Å². The van der Waals surface area contributed by atoms with Crippen molar-refractivity contribution in [2.45, 2.75) is 13.8 Å². The van der Waals surface area contributed by atoms with Crippen LogP contribution in [0.25, 0.3) is 5.65 Å². The van der Waals surface area contributed by atoms with Gasteiger partial charge in [0.25, 0.3) is 5.91 Å². The van der Waals surface area contributed by atoms with E-state index < -0.39 is 0 Å². The fraction of sp³-hybridized carbons (Fsp3) is 0.118. The van der Waals surface area contributed by atoms with Crippen LogP contribution in [0.4, 0.5) is 5.69 Å². The van der Waals surface area contributed by atoms with Gasteiger partial charge in [-0.3, -0.25) is 14.0 Å². The molecule has 0 unspecified atom stereocenters. The third-order valence-electron chi connectivity index (χ3n) is 3.53. The van der Waals surface area contributed by atoms with E-state index in [0.717, 1.165) is 0 Å². The van der Waals surface area contributed by atoms with Crippen molar-refractivity contribution in [3.8, 4) is 0 Å². The second-order valence-corrected chi connectivity index (χ2v) is 5.64. The molecule has 3 aromatic rings. The van der Waals surface area contributed by atoms with Crippen molar-refractivity contribution in [1.29, 1.82) is 0 Å². The molecule has 3 rings (SSSR count). The van der Waals surface area contributed by atoms with E-state index >= 15 is 0 Å². The van der Waals surface area contributed by atoms with E-state index in [1.807, 2.05) is 0 Å². The number of Topliss-reactive ketones (excluding diaryl/α,β-unsaturated/α-hetero) is 1. The minimum Gasteiger partial charge on any atom is -0.321 e. The number of nitrogens with one attached hydrogen (secondary N) is 1. The molecule has 0 aliphatic heterocycles. The maximum Gasteiger partial charge on any atom is 0.274 e. The summed E-state index contributed by atoms with van der Waals surface area (Å²) in [4.78, 5) is 28.2. The van der Waals surface area contributed by atoms with Gasteiger partial charge in [0.1, 0.15) is 11.3 Å². The Hall–Kier alpha value is -2.66. The predicted molar refractivity (Wildman–Crippen MR) is 89.3 cm³/mol. The molecule has 2 aromatic heterocycles. The van der Waals surface area contributed by atoms with E-state index in [9.17, 15) is 9.59 Å². The molecule has 1 N–H and O–H groups in total. The molecular formula is C17H14ClN3O2. The quantitative estimate of drug-likeness (QED) is 0.745. The average Bonchev–Trinajstić information content (AvgIpc) is 2.82. The fourth-order valence-electron chi connectivity index (χ4n) is 2.39. The van der Waals surface area contributed by atoms with Crippen molar-refractivity contribution < 1.29 is 9.59 Å². The first-order valence-corrected chi connectivity index (χ1v) is 7.40. The molecule has 1 aromatic carbocycles. The van der Waals surface area contributed by atoms with E-state index in [2.05, 4.69) is 10.3 Å². The second kappa shape index (κ2) is 5.85. The van der Waals surface area contributed by atoms with Crippen molar-refractivity contribution in [1.82, 2.24) is 9.38 Å². The Balaban J connectivity index is 1.91. The zero-order chi connectivity index (χ0) is 16.6. The number of aromatic nitrogens is 2. The third kappa shape index (κ3) is 2.96. The first kappa shape index (κ1) is 15.2. The number of halogens is 1. The highest BCUT2D eigenvalue weighted by Gasteiger charge is 2.17. The first-order valence-electron chi connectivity index (χ1n) is 7.02. The molecule has 0 aliphatic rings. The maximum atomic E-state index is 12.5. The van der Waals surface area contributed by atoms with Crippen molar-refractivity contribution in [3.63, 3.8) is 0 Å². The molecule has 2 heterocycles. The molecule has 0 radical (unpaired) electrons. The molecule has 0 atom stereocenters. The van der Waals surface area contributed by atoms with Gasteiger partial charge in [-0.25, -0.2) is 4.98 Å². The summed E-state index contributed by atoms with van der Waals surface area (Å²) in [6.45, 7) is 3.27. The molecule has 0 bridgehead atoms. The van der Waals surface area contributed by atoms with Gasteiger partial charge in [-0.1, -0.05) is 11.6 Å². The zero-order valence-electron chi connectivity index (χ0n) is 12.6. The number of ketones is 1. The van der Waals surface area contributed by atoms with E-state index in [4.69, 9.17) is 11.6 Å². The summed E-state index contributed by atoms with van der Waals surface area (Å²) in [7, 11) is 0. The molecule has 116 valence electrons. The van der Waals surface area contributed by atoms with Crippen LogP contribution >= 0.6 is 11.6 Å². The predicted octanol–water partition coefficient (Wildman–Crippen LogP) is 3.75. The summed E-state index contributed by atoms with van der Waals surface area (Å²) in [6.07, 6.45) is 1.71. The molecular weight excluding hydrogens is 314 g/mol. The van der Waals surface area contributed by atoms with Crippen LogP contribution in [0.15, 0.2) is 42.6 Å². The van der Waals surface area contributed by atoms with Crippen molar-refractivity contribution in [2.24, 2.45) is 0 Å². The summed E-state index contributed by atoms with van der Waals surface area (Å²) in [6, 6.07) is 10.2. The lowest BCUT2D eigenvalue weighted by atomic mass is 10.1. The highest BCUT2D eigenvalue weighted by molar-refractivity contribution is 6.30. The van der Waals surface area contributed by atoms with E-state index in [1.54, 1.807) is 53.9 Å². The van der Waals surface area contributed by atoms with Gasteiger partial charge < -0.3 is 5.32 Å². The molecule has 0 aliphatic carbocycles. The van der Waals surface area contributed by atoms with Gasteiger partial charge in [0.15, 0.2) is 5.78 Å². The third-order valence-corrected chi connectivity index (χ3v) is 3.76. The Morgan fingerprint density at radius 1 is 1.17 bits per heavy atom. The number of fused-ring (bicyclic) bond motifs is 1. The standard InChI is InChI=1S/C17H14ClN3O2/c1-10-16(21-8-7-13(18)9-15(21)19-10)17(23)20-14-5-3-12(4-6-14)11(2)22/h3-9H,1-2H3,(H,20,23). The molecule has 5 nitrogen and oxygen atoms in total. The number of hydrogen-bond acceptors (Lipinski definition) is 3. The molecule has 6 heteroatoms. The number of nitrogens with zero attached hydrogens (tertiary/aromatic N) is 2. The Bertz CT molecular complexity index is 913. The minimum absolute atomic E-state index is 0.0163. The topological polar surface area (TPSA) is 63.5 Å². The van der Waals surface area contributed by atoms with Gasteiger partial charge in [-0.05, 0) is 44.2 Å². The van der Waals surface area contributed by atoms with Gasteiger partial charge in [-0.15, -0.1) is 0 Å². The van der Waals surface area contributed by atoms with Gasteiger partial charge in [0, 0.05) is 28.5 Å². The summed E-state index contributed by atoms with van der Waals surface area (Å²) in [5, 5.41) is 3.38. The van der Waals surface area contributed by atoms with Crippen LogP contribution in [-0.4, -0.2) is 21.1 Å². The maximum absolute atomic E-state index is 12.5. The smallest absolute Gasteiger partial charge is 0.274 e. The average molecular weight is 328 g/mol. The molecule has 0 fully saturated rings. The van der Waals surface area contributed by atoms with Gasteiger partial charge in [0.05, 0.1) is 5.69 Å². The van der Waals surface area contributed by atoms with Gasteiger partial charge >= 0.3 is 0 Å². The van der Waals surface area contributed by atoms with Crippen LogP contribution in [0.2, 0.25) is 5.02 Å². The van der Waals surface area contributed by atoms with Crippen LogP contribution in [-0.2, 0) is 0 Å². The van der Waals surface area contributed by atoms with Crippen LogP contribution in [0.1, 0.15) is 33.5 Å². The molecule has 0 saturated carbocycles. The lowest BCUT2D eigenvalue weighted by Crippen LogP contribution is -2.15. The van der Waals surface area contributed by atoms with Crippen LogP contribution in [0, 0.1) is 6.92 Å². The van der Waals surface area contributed by atoms with Gasteiger partial charge in [-0.2, -0.15) is 0 Å². The lowest BCUT2D eigenvalue weighted by molar-refractivity contribution is 0.101. The fourth-order valence-corrected chi connectivity index (χ4v) is 2.54. The lowest BCUT2D eigenvalue weighted by Gasteiger charge is -2.06. The number of rotatable bonds is 3. The molecule has 1 amide bonds. The highest BCUT2D eigenvalue weighted by Crippen LogP contribution is 2.18. The number of aryl methyl sites for hydroxylation is 1. The van der Waals surface area contributed by atoms with Crippen molar-refractivity contribution in [2.75, 3.05) is 5.32 Å². The number of imidazole rings is 1. The number of amides is 1. The van der Waals surface area contributed by atoms with Gasteiger partial charge in [0.2, 0.25) is 0 Å². The monoisotopic (exact) mass is 327 g/mol. The van der Waals surface area contributed by atoms with Crippen LogP contribution in [0.5, 0.6) is 0 Å². The van der Waals surface area contributed by atoms with E-state index in [-0.39, 0.29) is 11.7 Å². The number of anilines is 1. The first-order chi connectivity index (χ1) is 11.0. The Kier molecular flexibility index (Phi) is 3.88. The Labute approximate surface area is 137 Å². The highest BCUT2D eigenvalue weighted by atomic mass is 35.5. The van der Waals surface area contributed by atoms with Crippen molar-refractivity contribution in [3.05, 3.63) is 64.6 Å². The number of carbonyl (C=O) groups is 2. The minimum atomic E-state index is -0.270. The molecule has 23 heavy (non-hydrogen) atoms. The zero-order valence-corrected chi connectivity index (χ0v) is 13.4. The summed E-state index contributed by atoms with van der Waals surface area (Å²) < 4.78 is 1.69. The summed E-state index contributed by atoms with van der Waals surface area (Å²) in [5.41, 5.74) is 2.90. The normalized spacial score (nSPS) is 10.7. The molecule has 0 saturated heterocycles. The Morgan fingerprint density at radius 3 is 2.52 bits per heavy atom. The largest absolute Gasteiger partial charge is 0.321 e. The van der Waals surface area contributed by atoms with E-state index in [0.29, 0.717) is 33.3 Å². The van der Waals surface area contributed by atoms with Crippen LogP contribution < -0.4 is 5.32 Å². The summed E-state index contributed by atoms with van der Waals surface area (Å²) >= 11 is 5.95.